The van der Waals surface area contributed by atoms with E-state index in [-0.39, 0.29) is 11.6 Å². The van der Waals surface area contributed by atoms with Crippen molar-refractivity contribution in [1.82, 2.24) is 28.9 Å². The maximum Gasteiger partial charge on any atom is 0.297 e. The molecule has 0 aliphatic heterocycles. The van der Waals surface area contributed by atoms with Crippen LogP contribution >= 0.6 is 0 Å². The van der Waals surface area contributed by atoms with E-state index < -0.39 is 0 Å². The van der Waals surface area contributed by atoms with Crippen molar-refractivity contribution in [2.75, 3.05) is 0 Å². The average Bonchev–Trinajstić information content (AvgIpc) is 2.99. The van der Waals surface area contributed by atoms with Gasteiger partial charge in [-0.05, 0) is 32.6 Å². The van der Waals surface area contributed by atoms with Crippen molar-refractivity contribution in [1.29, 1.82) is 0 Å². The normalized spacial score (nSPS) is 15.0. The third kappa shape index (κ3) is 2.13. The summed E-state index contributed by atoms with van der Waals surface area (Å²) in [5, 5.41) is 8.97. The summed E-state index contributed by atoms with van der Waals surface area (Å²) >= 11 is 0. The lowest BCUT2D eigenvalue weighted by atomic mass is 10.3. The van der Waals surface area contributed by atoms with Crippen molar-refractivity contribution < 1.29 is 0 Å². The highest BCUT2D eigenvalue weighted by Crippen LogP contribution is 2.30. The lowest BCUT2D eigenvalue weighted by Crippen LogP contribution is -2.27. The first kappa shape index (κ1) is 13.2. The minimum absolute atomic E-state index is 0.00322. The lowest BCUT2D eigenvalue weighted by molar-refractivity contribution is 0.560. The third-order valence-corrected chi connectivity index (χ3v) is 4.01. The Balaban J connectivity index is 1.86. The molecule has 1 saturated carbocycles. The van der Waals surface area contributed by atoms with Gasteiger partial charge >= 0.3 is 0 Å². The Kier molecular flexibility index (Phi) is 2.88. The standard InChI is InChI=1S/C15H18N6O/c1-10(2)21-13(18-20-6-5-16-14(20)15(21)22)12-7-17-19(9-12)8-11-3-4-11/h5-7,9-11H,3-4,8H2,1-2H3. The smallest absolute Gasteiger partial charge is 0.285 e. The van der Waals surface area contributed by atoms with Gasteiger partial charge in [0.25, 0.3) is 5.56 Å². The van der Waals surface area contributed by atoms with Crippen LogP contribution in [0.5, 0.6) is 0 Å². The second-order valence-electron chi connectivity index (χ2n) is 6.18. The molecule has 0 amide bonds. The summed E-state index contributed by atoms with van der Waals surface area (Å²) in [5.41, 5.74) is 1.09. The molecule has 22 heavy (non-hydrogen) atoms. The zero-order valence-corrected chi connectivity index (χ0v) is 12.7. The Morgan fingerprint density at radius 3 is 2.91 bits per heavy atom. The molecule has 3 aromatic rings. The van der Waals surface area contributed by atoms with Crippen LogP contribution in [0.4, 0.5) is 0 Å². The van der Waals surface area contributed by atoms with Gasteiger partial charge in [-0.1, -0.05) is 0 Å². The molecule has 0 unspecified atom stereocenters. The fraction of sp³-hybridized carbons (Fsp3) is 0.467. The van der Waals surface area contributed by atoms with Gasteiger partial charge in [0, 0.05) is 31.2 Å². The maximum absolute atomic E-state index is 12.6. The summed E-state index contributed by atoms with van der Waals surface area (Å²) in [6, 6.07) is 0.00322. The van der Waals surface area contributed by atoms with Crippen molar-refractivity contribution in [3.05, 3.63) is 35.1 Å². The third-order valence-electron chi connectivity index (χ3n) is 4.01. The van der Waals surface area contributed by atoms with E-state index in [1.165, 1.54) is 17.4 Å². The van der Waals surface area contributed by atoms with Gasteiger partial charge in [-0.25, -0.2) is 9.50 Å². The molecule has 114 valence electrons. The monoisotopic (exact) mass is 298 g/mol. The van der Waals surface area contributed by atoms with Crippen LogP contribution in [0, 0.1) is 5.92 Å². The molecule has 0 bridgehead atoms. The maximum atomic E-state index is 12.6. The number of fused-ring (bicyclic) bond motifs is 1. The summed E-state index contributed by atoms with van der Waals surface area (Å²) in [6.45, 7) is 4.89. The van der Waals surface area contributed by atoms with Crippen LogP contribution in [0.2, 0.25) is 0 Å². The van der Waals surface area contributed by atoms with E-state index in [0.29, 0.717) is 11.5 Å². The Hall–Kier alpha value is -2.44. The Morgan fingerprint density at radius 1 is 1.36 bits per heavy atom. The van der Waals surface area contributed by atoms with Crippen molar-refractivity contribution in [3.63, 3.8) is 0 Å². The molecule has 7 heteroatoms. The summed E-state index contributed by atoms with van der Waals surface area (Å²) in [7, 11) is 0. The van der Waals surface area contributed by atoms with E-state index in [1.54, 1.807) is 23.2 Å². The van der Waals surface area contributed by atoms with E-state index in [4.69, 9.17) is 0 Å². The predicted octanol–water partition coefficient (Wildman–Crippen LogP) is 1.75. The van der Waals surface area contributed by atoms with Gasteiger partial charge < -0.3 is 0 Å². The topological polar surface area (TPSA) is 70.0 Å². The zero-order chi connectivity index (χ0) is 15.3. The quantitative estimate of drug-likeness (QED) is 0.735. The Bertz CT molecular complexity index is 883. The molecule has 0 spiro atoms. The van der Waals surface area contributed by atoms with Gasteiger partial charge in [-0.15, -0.1) is 5.10 Å². The minimum atomic E-state index is -0.125. The molecule has 0 saturated heterocycles. The van der Waals surface area contributed by atoms with Gasteiger partial charge in [0.15, 0.2) is 5.82 Å². The SMILES string of the molecule is CC(C)n1c(-c2cnn(CC3CC3)c2)nn2ccnc2c1=O. The zero-order valence-electron chi connectivity index (χ0n) is 12.7. The van der Waals surface area contributed by atoms with Crippen LogP contribution in [0.3, 0.4) is 0 Å². The van der Waals surface area contributed by atoms with Gasteiger partial charge in [-0.3, -0.25) is 14.0 Å². The fourth-order valence-electron chi connectivity index (χ4n) is 2.70. The van der Waals surface area contributed by atoms with Crippen molar-refractivity contribution in [2.45, 2.75) is 39.3 Å². The first-order valence-electron chi connectivity index (χ1n) is 7.62. The molecular formula is C15H18N6O. The first-order chi connectivity index (χ1) is 10.6. The summed E-state index contributed by atoms with van der Waals surface area (Å²) in [4.78, 5) is 16.7. The highest BCUT2D eigenvalue weighted by atomic mass is 16.1. The second-order valence-corrected chi connectivity index (χ2v) is 6.18. The van der Waals surface area contributed by atoms with Gasteiger partial charge in [-0.2, -0.15) is 5.10 Å². The number of nitrogens with zero attached hydrogens (tertiary/aromatic N) is 6. The molecule has 0 atom stereocenters. The van der Waals surface area contributed by atoms with Crippen molar-refractivity contribution >= 4 is 5.65 Å². The molecule has 0 aromatic carbocycles. The number of hydrogen-bond donors (Lipinski definition) is 0. The molecule has 3 aromatic heterocycles. The van der Waals surface area contributed by atoms with E-state index in [2.05, 4.69) is 15.2 Å². The molecule has 4 rings (SSSR count). The highest BCUT2D eigenvalue weighted by Gasteiger charge is 2.23. The molecule has 1 aliphatic rings. The number of imidazole rings is 1. The first-order valence-corrected chi connectivity index (χ1v) is 7.62. The van der Waals surface area contributed by atoms with Gasteiger partial charge in [0.05, 0.1) is 11.8 Å². The van der Waals surface area contributed by atoms with Crippen LogP contribution in [-0.2, 0) is 6.54 Å². The van der Waals surface area contributed by atoms with Gasteiger partial charge in [0.2, 0.25) is 5.65 Å². The van der Waals surface area contributed by atoms with Crippen LogP contribution in [0.15, 0.2) is 29.6 Å². The number of rotatable bonds is 4. The van der Waals surface area contributed by atoms with Crippen molar-refractivity contribution in [2.24, 2.45) is 5.92 Å². The summed E-state index contributed by atoms with van der Waals surface area (Å²) in [5.74, 6) is 1.39. The van der Waals surface area contributed by atoms with Crippen LogP contribution in [-0.4, -0.2) is 28.9 Å². The molecule has 0 radical (unpaired) electrons. The van der Waals surface area contributed by atoms with Gasteiger partial charge in [0.1, 0.15) is 0 Å². The Morgan fingerprint density at radius 2 is 2.18 bits per heavy atom. The van der Waals surface area contributed by atoms with Crippen LogP contribution < -0.4 is 5.56 Å². The molecule has 1 fully saturated rings. The molecular weight excluding hydrogens is 280 g/mol. The summed E-state index contributed by atoms with van der Waals surface area (Å²) < 4.78 is 5.16. The number of hydrogen-bond acceptors (Lipinski definition) is 4. The van der Waals surface area contributed by atoms with Crippen LogP contribution in [0.1, 0.15) is 32.7 Å². The lowest BCUT2D eigenvalue weighted by Gasteiger charge is -2.14. The van der Waals surface area contributed by atoms with E-state index in [0.717, 1.165) is 18.0 Å². The van der Waals surface area contributed by atoms with Crippen LogP contribution in [0.25, 0.3) is 17.0 Å². The Labute approximate surface area is 127 Å². The highest BCUT2D eigenvalue weighted by molar-refractivity contribution is 5.54. The van der Waals surface area contributed by atoms with E-state index >= 15 is 0 Å². The number of aromatic nitrogens is 6. The van der Waals surface area contributed by atoms with E-state index in [1.807, 2.05) is 24.7 Å². The average molecular weight is 298 g/mol. The predicted molar refractivity (Wildman–Crippen MR) is 81.6 cm³/mol. The van der Waals surface area contributed by atoms with E-state index in [9.17, 15) is 4.79 Å². The molecule has 3 heterocycles. The van der Waals surface area contributed by atoms with Crippen molar-refractivity contribution in [3.8, 4) is 11.4 Å². The molecule has 0 N–H and O–H groups in total. The molecule has 1 aliphatic carbocycles. The second kappa shape index (κ2) is 4.79. The minimum Gasteiger partial charge on any atom is -0.285 e. The molecule has 7 nitrogen and oxygen atoms in total. The largest absolute Gasteiger partial charge is 0.297 e. The fourth-order valence-corrected chi connectivity index (χ4v) is 2.70. The summed E-state index contributed by atoms with van der Waals surface area (Å²) in [6.07, 6.45) is 9.61.